The van der Waals surface area contributed by atoms with Crippen molar-refractivity contribution in [2.45, 2.75) is 31.2 Å². The summed E-state index contributed by atoms with van der Waals surface area (Å²) in [5.41, 5.74) is 7.21. The lowest BCUT2D eigenvalue weighted by atomic mass is 9.89. The molecule has 1 aromatic rings. The van der Waals surface area contributed by atoms with Crippen LogP contribution in [0.25, 0.3) is 0 Å². The van der Waals surface area contributed by atoms with Gasteiger partial charge in [0.15, 0.2) is 11.5 Å². The molecule has 86 valence electrons. The van der Waals surface area contributed by atoms with Gasteiger partial charge < -0.3 is 15.2 Å². The maximum atomic E-state index is 6.36. The van der Waals surface area contributed by atoms with Gasteiger partial charge in [0.25, 0.3) is 0 Å². The van der Waals surface area contributed by atoms with Gasteiger partial charge in [0.1, 0.15) is 0 Å². The highest BCUT2D eigenvalue weighted by Gasteiger charge is 2.49. The number of hydrogen-bond donors (Lipinski definition) is 1. The molecule has 1 aliphatic carbocycles. The zero-order chi connectivity index (χ0) is 11.3. The predicted molar refractivity (Wildman–Crippen MR) is 62.1 cm³/mol. The van der Waals surface area contributed by atoms with Crippen LogP contribution in [0, 0.1) is 0 Å². The van der Waals surface area contributed by atoms with Gasteiger partial charge in [-0.05, 0) is 31.4 Å². The third-order valence-corrected chi connectivity index (χ3v) is 4.05. The van der Waals surface area contributed by atoms with E-state index in [1.54, 1.807) is 0 Å². The fraction of sp³-hybridized carbons (Fsp3) is 0.500. The highest BCUT2D eigenvalue weighted by atomic mass is 35.5. The normalized spacial score (nSPS) is 21.9. The van der Waals surface area contributed by atoms with E-state index in [4.69, 9.17) is 26.8 Å². The Hall–Kier alpha value is -0.930. The Morgan fingerprint density at radius 2 is 2.12 bits per heavy atom. The topological polar surface area (TPSA) is 44.5 Å². The summed E-state index contributed by atoms with van der Waals surface area (Å²) in [5.74, 6) is 1.40. The second-order valence-corrected chi connectivity index (χ2v) is 4.98. The fourth-order valence-corrected chi connectivity index (χ4v) is 2.83. The van der Waals surface area contributed by atoms with E-state index in [-0.39, 0.29) is 18.2 Å². The molecule has 0 saturated heterocycles. The summed E-state index contributed by atoms with van der Waals surface area (Å²) in [6.45, 7) is 2.29. The van der Waals surface area contributed by atoms with Crippen molar-refractivity contribution in [3.8, 4) is 11.5 Å². The second kappa shape index (κ2) is 3.28. The Morgan fingerprint density at radius 1 is 1.38 bits per heavy atom. The summed E-state index contributed by atoms with van der Waals surface area (Å²) in [6.07, 6.45) is 2.20. The van der Waals surface area contributed by atoms with Crippen LogP contribution < -0.4 is 15.2 Å². The molecule has 2 aliphatic rings. The Kier molecular flexibility index (Phi) is 2.10. The summed E-state index contributed by atoms with van der Waals surface area (Å²) in [4.78, 5) is 0. The molecule has 16 heavy (non-hydrogen) atoms. The van der Waals surface area contributed by atoms with Gasteiger partial charge in [-0.1, -0.05) is 17.7 Å². The van der Waals surface area contributed by atoms with E-state index in [0.717, 1.165) is 24.2 Å². The molecule has 1 saturated carbocycles. The lowest BCUT2D eigenvalue weighted by Crippen LogP contribution is -2.31. The van der Waals surface area contributed by atoms with E-state index >= 15 is 0 Å². The molecule has 1 aliphatic heterocycles. The van der Waals surface area contributed by atoms with E-state index in [0.29, 0.717) is 10.8 Å². The minimum atomic E-state index is 0.0536. The zero-order valence-electron chi connectivity index (χ0n) is 9.13. The number of fused-ring (bicyclic) bond motifs is 1. The van der Waals surface area contributed by atoms with Crippen LogP contribution in [0.2, 0.25) is 5.02 Å². The molecular weight excluding hydrogens is 226 g/mol. The van der Waals surface area contributed by atoms with Crippen molar-refractivity contribution in [3.05, 3.63) is 22.7 Å². The van der Waals surface area contributed by atoms with E-state index in [1.807, 2.05) is 19.1 Å². The van der Waals surface area contributed by atoms with Gasteiger partial charge in [-0.15, -0.1) is 0 Å². The van der Waals surface area contributed by atoms with Crippen LogP contribution >= 0.6 is 11.6 Å². The van der Waals surface area contributed by atoms with Crippen molar-refractivity contribution in [3.63, 3.8) is 0 Å². The van der Waals surface area contributed by atoms with Crippen LogP contribution in [0.5, 0.6) is 11.5 Å². The lowest BCUT2D eigenvalue weighted by molar-refractivity contribution is 0.174. The van der Waals surface area contributed by atoms with Crippen molar-refractivity contribution in [2.75, 3.05) is 6.79 Å². The minimum absolute atomic E-state index is 0.0536. The van der Waals surface area contributed by atoms with Crippen LogP contribution in [0.15, 0.2) is 12.1 Å². The van der Waals surface area contributed by atoms with Gasteiger partial charge in [0, 0.05) is 11.5 Å². The summed E-state index contributed by atoms with van der Waals surface area (Å²) in [7, 11) is 0. The minimum Gasteiger partial charge on any atom is -0.454 e. The Balaban J connectivity index is 2.10. The van der Waals surface area contributed by atoms with Gasteiger partial charge >= 0.3 is 0 Å². The highest BCUT2D eigenvalue weighted by Crippen LogP contribution is 2.55. The molecule has 2 N–H and O–H groups in total. The molecule has 3 rings (SSSR count). The maximum Gasteiger partial charge on any atom is 0.231 e. The van der Waals surface area contributed by atoms with Crippen molar-refractivity contribution in [1.29, 1.82) is 0 Å². The maximum absolute atomic E-state index is 6.36. The van der Waals surface area contributed by atoms with Crippen molar-refractivity contribution >= 4 is 11.6 Å². The molecule has 1 heterocycles. The second-order valence-electron chi connectivity index (χ2n) is 4.61. The third kappa shape index (κ3) is 1.25. The van der Waals surface area contributed by atoms with Crippen LogP contribution in [-0.2, 0) is 5.41 Å². The fourth-order valence-electron chi connectivity index (χ4n) is 2.43. The molecule has 1 aromatic carbocycles. The van der Waals surface area contributed by atoms with Crippen molar-refractivity contribution in [1.82, 2.24) is 0 Å². The van der Waals surface area contributed by atoms with Gasteiger partial charge in [-0.2, -0.15) is 0 Å². The summed E-state index contributed by atoms with van der Waals surface area (Å²) >= 11 is 6.36. The highest BCUT2D eigenvalue weighted by molar-refractivity contribution is 6.33. The van der Waals surface area contributed by atoms with Crippen LogP contribution in [0.4, 0.5) is 0 Å². The first-order chi connectivity index (χ1) is 7.65. The molecule has 4 heteroatoms. The van der Waals surface area contributed by atoms with Gasteiger partial charge in [-0.3, -0.25) is 0 Å². The van der Waals surface area contributed by atoms with Gasteiger partial charge in [0.2, 0.25) is 6.79 Å². The average Bonchev–Trinajstić information content (AvgIpc) is 2.90. The molecule has 3 nitrogen and oxygen atoms in total. The lowest BCUT2D eigenvalue weighted by Gasteiger charge is -2.21. The molecule has 0 amide bonds. The number of hydrogen-bond acceptors (Lipinski definition) is 3. The third-order valence-electron chi connectivity index (χ3n) is 3.68. The molecular formula is C12H14ClNO2. The summed E-state index contributed by atoms with van der Waals surface area (Å²) < 4.78 is 10.7. The number of benzene rings is 1. The molecule has 0 spiro atoms. The van der Waals surface area contributed by atoms with E-state index in [9.17, 15) is 0 Å². The van der Waals surface area contributed by atoms with Crippen molar-refractivity contribution < 1.29 is 9.47 Å². The van der Waals surface area contributed by atoms with Gasteiger partial charge in [-0.25, -0.2) is 0 Å². The average molecular weight is 240 g/mol. The molecule has 1 fully saturated rings. The van der Waals surface area contributed by atoms with Crippen LogP contribution in [-0.4, -0.2) is 12.8 Å². The number of rotatable bonds is 2. The first-order valence-electron chi connectivity index (χ1n) is 5.49. The standard InChI is InChI=1S/C12H14ClNO2/c1-7(14)12(4-5-12)8-2-3-9-11(10(8)13)16-6-15-9/h2-3,7H,4-6,14H2,1H3. The summed E-state index contributed by atoms with van der Waals surface area (Å²) in [6, 6.07) is 4.06. The predicted octanol–water partition coefficient (Wildman–Crippen LogP) is 2.45. The van der Waals surface area contributed by atoms with Crippen LogP contribution in [0.3, 0.4) is 0 Å². The number of halogens is 1. The molecule has 1 unspecified atom stereocenters. The van der Waals surface area contributed by atoms with Crippen LogP contribution in [0.1, 0.15) is 25.3 Å². The van der Waals surface area contributed by atoms with E-state index < -0.39 is 0 Å². The van der Waals surface area contributed by atoms with Crippen molar-refractivity contribution in [2.24, 2.45) is 5.73 Å². The Morgan fingerprint density at radius 3 is 2.75 bits per heavy atom. The Bertz CT molecular complexity index is 441. The molecule has 1 atom stereocenters. The molecule has 0 bridgehead atoms. The monoisotopic (exact) mass is 239 g/mol. The summed E-state index contributed by atoms with van der Waals surface area (Å²) in [5, 5.41) is 0.671. The largest absolute Gasteiger partial charge is 0.454 e. The van der Waals surface area contributed by atoms with E-state index in [2.05, 4.69) is 0 Å². The smallest absolute Gasteiger partial charge is 0.231 e. The molecule has 0 aromatic heterocycles. The van der Waals surface area contributed by atoms with E-state index in [1.165, 1.54) is 0 Å². The number of ether oxygens (including phenoxy) is 2. The SMILES string of the molecule is CC(N)C1(c2ccc3c(c2Cl)OCO3)CC1. The first kappa shape index (κ1) is 10.2. The molecule has 0 radical (unpaired) electrons. The van der Waals surface area contributed by atoms with Gasteiger partial charge in [0.05, 0.1) is 5.02 Å². The quantitative estimate of drug-likeness (QED) is 0.862. The Labute approximate surface area is 99.5 Å². The zero-order valence-corrected chi connectivity index (χ0v) is 9.88. The number of nitrogens with two attached hydrogens (primary N) is 1. The first-order valence-corrected chi connectivity index (χ1v) is 5.87.